The van der Waals surface area contributed by atoms with E-state index in [9.17, 15) is 0 Å². The second-order valence-electron chi connectivity index (χ2n) is 0.789. The summed E-state index contributed by atoms with van der Waals surface area (Å²) >= 11 is 0. The first-order valence-electron chi connectivity index (χ1n) is 1.62. The summed E-state index contributed by atoms with van der Waals surface area (Å²) in [6.45, 7) is 2.16. The Morgan fingerprint density at radius 1 is 1.14 bits per heavy atom. The van der Waals surface area contributed by atoms with E-state index in [2.05, 4.69) is 16.2 Å². The molecule has 0 N–H and O–H groups in total. The zero-order valence-corrected chi connectivity index (χ0v) is 7.33. The van der Waals surface area contributed by atoms with Gasteiger partial charge >= 0.3 is 0 Å². The van der Waals surface area contributed by atoms with Crippen molar-refractivity contribution in [3.63, 3.8) is 0 Å². The zero-order chi connectivity index (χ0) is 3.41. The van der Waals surface area contributed by atoms with E-state index < -0.39 is 0 Å². The summed E-state index contributed by atoms with van der Waals surface area (Å²) in [7, 11) is 2.66. The van der Waals surface area contributed by atoms with Crippen LogP contribution in [0.25, 0.3) is 0 Å². The van der Waals surface area contributed by atoms with Crippen LogP contribution in [0.3, 0.4) is 0 Å². The van der Waals surface area contributed by atoms with E-state index in [1.54, 1.807) is 0 Å². The Morgan fingerprint density at radius 3 is 1.29 bits per heavy atom. The van der Waals surface area contributed by atoms with Gasteiger partial charge in [-0.25, -0.2) is 0 Å². The van der Waals surface area contributed by atoms with Crippen LogP contribution in [0.4, 0.5) is 0 Å². The Kier molecular flexibility index (Phi) is 72.1. The first kappa shape index (κ1) is 22.5. The fourth-order valence-electron chi connectivity index (χ4n) is 0. The van der Waals surface area contributed by atoms with E-state index in [0.717, 1.165) is 0 Å². The van der Waals surface area contributed by atoms with Crippen molar-refractivity contribution in [3.8, 4) is 0 Å². The Hall–Kier alpha value is 4.21. The maximum Gasteiger partial charge on any atom is 0 e. The van der Waals surface area contributed by atoms with Crippen molar-refractivity contribution >= 4 is 9.24 Å². The van der Waals surface area contributed by atoms with Gasteiger partial charge in [0.25, 0.3) is 0 Å². The van der Waals surface area contributed by atoms with Crippen LogP contribution in [-0.4, -0.2) is 6.16 Å². The van der Waals surface area contributed by atoms with Gasteiger partial charge < -0.3 is 0 Å². The SMILES string of the molecule is CCCP.[Ar].[Ar].[Ar]. The van der Waals surface area contributed by atoms with Crippen molar-refractivity contribution in [2.24, 2.45) is 0 Å². The van der Waals surface area contributed by atoms with E-state index in [1.807, 2.05) is 0 Å². The molecular formula is C3H9Ar3P. The minimum absolute atomic E-state index is 0. The molecule has 0 aliphatic rings. The Bertz CT molecular complexity index is 12.1. The van der Waals surface area contributed by atoms with Gasteiger partial charge in [-0.1, -0.05) is 13.3 Å². The van der Waals surface area contributed by atoms with Crippen LogP contribution in [-0.2, 0) is 0 Å². The summed E-state index contributed by atoms with van der Waals surface area (Å²) in [6, 6.07) is 0. The molecule has 0 nitrogen and oxygen atoms in total. The fourth-order valence-corrected chi connectivity index (χ4v) is 0. The molecule has 1 unspecified atom stereocenters. The summed E-state index contributed by atoms with van der Waals surface area (Å²) in [6.07, 6.45) is 2.52. The van der Waals surface area contributed by atoms with Crippen molar-refractivity contribution in [3.05, 3.63) is 0 Å². The van der Waals surface area contributed by atoms with Crippen LogP contribution in [0, 0.1) is 113 Å². The van der Waals surface area contributed by atoms with Crippen LogP contribution >= 0.6 is 9.24 Å². The van der Waals surface area contributed by atoms with Crippen molar-refractivity contribution in [1.82, 2.24) is 0 Å². The molecule has 1 atom stereocenters. The molecule has 0 aromatic carbocycles. The molecule has 0 spiro atoms. The molecule has 0 aliphatic heterocycles. The van der Waals surface area contributed by atoms with Gasteiger partial charge in [0.1, 0.15) is 0 Å². The van der Waals surface area contributed by atoms with E-state index in [1.165, 1.54) is 12.6 Å². The zero-order valence-electron chi connectivity index (χ0n) is 4.05. The fraction of sp³-hybridized carbons (Fsp3) is 1.00. The first-order valence-corrected chi connectivity index (χ1v) is 2.43. The average Bonchev–Trinajstić information content (AvgIpc) is 1.37. The van der Waals surface area contributed by atoms with E-state index in [4.69, 9.17) is 0 Å². The minimum Gasteiger partial charge on any atom is -0.138 e. The predicted octanol–water partition coefficient (Wildman–Crippen LogP) is 1.27. The molecule has 0 saturated heterocycles. The summed E-state index contributed by atoms with van der Waals surface area (Å²) in [5.74, 6) is 0. The molecule has 0 rings (SSSR count). The smallest absolute Gasteiger partial charge is 0 e. The number of rotatable bonds is 1. The van der Waals surface area contributed by atoms with E-state index >= 15 is 0 Å². The number of hydrogen-bond donors (Lipinski definition) is 0. The van der Waals surface area contributed by atoms with E-state index in [-0.39, 0.29) is 113 Å². The Labute approximate surface area is 138 Å². The van der Waals surface area contributed by atoms with Crippen LogP contribution < -0.4 is 0 Å². The van der Waals surface area contributed by atoms with Gasteiger partial charge in [0, 0.05) is 113 Å². The third-order valence-corrected chi connectivity index (χ3v) is 0.866. The van der Waals surface area contributed by atoms with Crippen molar-refractivity contribution in [2.75, 3.05) is 6.16 Å². The number of hydrogen-bond acceptors (Lipinski definition) is 0. The summed E-state index contributed by atoms with van der Waals surface area (Å²) in [5, 5.41) is 0. The standard InChI is InChI=1S/C3H9P.3Ar/c1-2-3-4;;;/h2-4H2,1H3;;;. The topological polar surface area (TPSA) is 0 Å². The minimum atomic E-state index is 0. The Balaban J connectivity index is -0.0000000150. The third-order valence-electron chi connectivity index (χ3n) is 0.289. The molecule has 0 radical (unpaired) electrons. The normalized spacial score (nSPS) is 4.29. The summed E-state index contributed by atoms with van der Waals surface area (Å²) in [5.41, 5.74) is 0. The monoisotopic (exact) mass is 196 g/mol. The van der Waals surface area contributed by atoms with Crippen LogP contribution in [0.5, 0.6) is 0 Å². The molecule has 0 amide bonds. The largest absolute Gasteiger partial charge is 0.138 e. The second-order valence-corrected chi connectivity index (χ2v) is 1.37. The predicted molar refractivity (Wildman–Crippen MR) is 24.9 cm³/mol. The van der Waals surface area contributed by atoms with Crippen LogP contribution in [0.1, 0.15) is 13.3 Å². The van der Waals surface area contributed by atoms with Gasteiger partial charge in [-0.3, -0.25) is 0 Å². The maximum absolute atomic E-state index is 2.66. The van der Waals surface area contributed by atoms with Crippen molar-refractivity contribution in [2.45, 2.75) is 13.3 Å². The van der Waals surface area contributed by atoms with Crippen LogP contribution in [0.15, 0.2) is 0 Å². The molecule has 0 bridgehead atoms. The quantitative estimate of drug-likeness (QED) is 0.554. The third kappa shape index (κ3) is 25.4. The van der Waals surface area contributed by atoms with Gasteiger partial charge in [0.05, 0.1) is 0 Å². The molecule has 0 aromatic heterocycles. The van der Waals surface area contributed by atoms with Gasteiger partial charge in [0.2, 0.25) is 0 Å². The molecule has 0 aromatic rings. The molecule has 0 fully saturated rings. The first-order chi connectivity index (χ1) is 1.91. The van der Waals surface area contributed by atoms with Gasteiger partial charge in [-0.15, -0.1) is 9.24 Å². The molecule has 4 heteroatoms. The maximum atomic E-state index is 2.66. The van der Waals surface area contributed by atoms with Crippen LogP contribution in [0.2, 0.25) is 0 Å². The molecule has 7 heavy (non-hydrogen) atoms. The molecule has 0 aliphatic carbocycles. The average molecular weight is 196 g/mol. The van der Waals surface area contributed by atoms with E-state index in [0.29, 0.717) is 0 Å². The summed E-state index contributed by atoms with van der Waals surface area (Å²) in [4.78, 5) is 0. The Morgan fingerprint density at radius 2 is 1.29 bits per heavy atom. The summed E-state index contributed by atoms with van der Waals surface area (Å²) < 4.78 is 0. The van der Waals surface area contributed by atoms with Gasteiger partial charge in [-0.05, 0) is 6.16 Å². The molecule has 0 saturated carbocycles. The molecule has 0 heterocycles. The van der Waals surface area contributed by atoms with Gasteiger partial charge in [0.15, 0.2) is 0 Å². The van der Waals surface area contributed by atoms with Crippen molar-refractivity contribution < 1.29 is 113 Å². The molecule has 50 valence electrons. The molecular weight excluding hydrogens is 187 g/mol. The van der Waals surface area contributed by atoms with Crippen molar-refractivity contribution in [1.29, 1.82) is 0 Å². The van der Waals surface area contributed by atoms with Gasteiger partial charge in [-0.2, -0.15) is 0 Å². The second kappa shape index (κ2) is 22.5.